The van der Waals surface area contributed by atoms with Gasteiger partial charge in [-0.05, 0) is 43.9 Å². The van der Waals surface area contributed by atoms with E-state index in [-0.39, 0.29) is 11.9 Å². The summed E-state index contributed by atoms with van der Waals surface area (Å²) in [5.41, 5.74) is 6.57. The lowest BCUT2D eigenvalue weighted by atomic mass is 10.1. The molecule has 1 saturated carbocycles. The van der Waals surface area contributed by atoms with Crippen LogP contribution in [0.4, 0.5) is 4.39 Å². The number of halogens is 1. The predicted molar refractivity (Wildman–Crippen MR) is 66.5 cm³/mol. The topological polar surface area (TPSA) is 35.2 Å². The molecule has 1 aromatic rings. The summed E-state index contributed by atoms with van der Waals surface area (Å²) < 4.78 is 18.9. The molecule has 0 radical (unpaired) electrons. The molecule has 0 spiro atoms. The number of hydrogen-bond donors (Lipinski definition) is 1. The maximum absolute atomic E-state index is 13.1. The van der Waals surface area contributed by atoms with Crippen LogP contribution in [0, 0.1) is 11.7 Å². The molecule has 0 amide bonds. The molecule has 0 bridgehead atoms. The Kier molecular flexibility index (Phi) is 4.00. The molecule has 1 atom stereocenters. The van der Waals surface area contributed by atoms with Crippen molar-refractivity contribution in [3.05, 3.63) is 29.6 Å². The van der Waals surface area contributed by atoms with Crippen molar-refractivity contribution in [2.75, 3.05) is 6.61 Å². The zero-order valence-electron chi connectivity index (χ0n) is 10.3. The molecular formula is C14H20FNO. The van der Waals surface area contributed by atoms with Crippen molar-refractivity contribution < 1.29 is 9.13 Å². The molecule has 0 heterocycles. The van der Waals surface area contributed by atoms with Gasteiger partial charge in [0.25, 0.3) is 0 Å². The van der Waals surface area contributed by atoms with Crippen molar-refractivity contribution in [1.29, 1.82) is 0 Å². The second-order valence-electron chi connectivity index (χ2n) is 4.93. The first kappa shape index (κ1) is 12.4. The summed E-state index contributed by atoms with van der Waals surface area (Å²) in [5, 5.41) is 0. The highest BCUT2D eigenvalue weighted by Gasteiger charge is 2.17. The van der Waals surface area contributed by atoms with Gasteiger partial charge in [-0.1, -0.05) is 12.8 Å². The highest BCUT2D eigenvalue weighted by Crippen LogP contribution is 2.28. The van der Waals surface area contributed by atoms with Crippen LogP contribution in [0.2, 0.25) is 0 Å². The Morgan fingerprint density at radius 3 is 2.76 bits per heavy atom. The molecule has 1 aromatic carbocycles. The quantitative estimate of drug-likeness (QED) is 0.871. The summed E-state index contributed by atoms with van der Waals surface area (Å²) in [4.78, 5) is 0. The fraction of sp³-hybridized carbons (Fsp3) is 0.571. The molecule has 1 aliphatic carbocycles. The van der Waals surface area contributed by atoms with Crippen LogP contribution in [0.25, 0.3) is 0 Å². The van der Waals surface area contributed by atoms with Crippen molar-refractivity contribution in [3.63, 3.8) is 0 Å². The minimum atomic E-state index is -0.259. The number of benzene rings is 1. The minimum absolute atomic E-state index is 0.204. The predicted octanol–water partition coefficient (Wildman–Crippen LogP) is 3.41. The van der Waals surface area contributed by atoms with Crippen LogP contribution in [-0.4, -0.2) is 6.61 Å². The third-order valence-electron chi connectivity index (χ3n) is 3.41. The van der Waals surface area contributed by atoms with Gasteiger partial charge in [0.1, 0.15) is 11.6 Å². The Morgan fingerprint density at radius 1 is 1.41 bits per heavy atom. The summed E-state index contributed by atoms with van der Waals surface area (Å²) in [6.07, 6.45) is 5.10. The van der Waals surface area contributed by atoms with Gasteiger partial charge >= 0.3 is 0 Å². The minimum Gasteiger partial charge on any atom is -0.493 e. The van der Waals surface area contributed by atoms with Gasteiger partial charge in [0.2, 0.25) is 0 Å². The van der Waals surface area contributed by atoms with E-state index in [0.717, 1.165) is 17.9 Å². The lowest BCUT2D eigenvalue weighted by molar-refractivity contribution is 0.249. The Balaban J connectivity index is 2.03. The van der Waals surface area contributed by atoms with Crippen LogP contribution in [-0.2, 0) is 0 Å². The Bertz CT molecular complexity index is 372. The van der Waals surface area contributed by atoms with E-state index in [2.05, 4.69) is 0 Å². The molecule has 1 aliphatic rings. The zero-order chi connectivity index (χ0) is 12.3. The van der Waals surface area contributed by atoms with E-state index >= 15 is 0 Å². The number of nitrogens with two attached hydrogens (primary N) is 1. The van der Waals surface area contributed by atoms with Crippen LogP contribution < -0.4 is 10.5 Å². The Hall–Kier alpha value is -1.09. The summed E-state index contributed by atoms with van der Waals surface area (Å²) >= 11 is 0. The molecule has 94 valence electrons. The Labute approximate surface area is 102 Å². The normalized spacial score (nSPS) is 18.3. The van der Waals surface area contributed by atoms with Crippen molar-refractivity contribution in [1.82, 2.24) is 0 Å². The van der Waals surface area contributed by atoms with Gasteiger partial charge in [0, 0.05) is 11.6 Å². The second kappa shape index (κ2) is 5.50. The van der Waals surface area contributed by atoms with E-state index in [0.29, 0.717) is 5.92 Å². The van der Waals surface area contributed by atoms with Crippen LogP contribution in [0.1, 0.15) is 44.2 Å². The summed E-state index contributed by atoms with van der Waals surface area (Å²) in [6, 6.07) is 4.37. The summed E-state index contributed by atoms with van der Waals surface area (Å²) in [5.74, 6) is 1.12. The van der Waals surface area contributed by atoms with Crippen molar-refractivity contribution >= 4 is 0 Å². The first-order valence-corrected chi connectivity index (χ1v) is 6.34. The molecule has 2 rings (SSSR count). The fourth-order valence-corrected chi connectivity index (χ4v) is 2.39. The number of ether oxygens (including phenoxy) is 1. The summed E-state index contributed by atoms with van der Waals surface area (Å²) in [6.45, 7) is 2.57. The fourth-order valence-electron chi connectivity index (χ4n) is 2.39. The van der Waals surface area contributed by atoms with Gasteiger partial charge in [0.05, 0.1) is 6.61 Å². The number of hydrogen-bond acceptors (Lipinski definition) is 2. The van der Waals surface area contributed by atoms with Gasteiger partial charge < -0.3 is 10.5 Å². The molecule has 2 N–H and O–H groups in total. The lowest BCUT2D eigenvalue weighted by Crippen LogP contribution is -2.12. The molecule has 17 heavy (non-hydrogen) atoms. The van der Waals surface area contributed by atoms with Crippen molar-refractivity contribution in [2.45, 2.75) is 38.6 Å². The molecular weight excluding hydrogens is 217 g/mol. The van der Waals surface area contributed by atoms with Crippen LogP contribution in [0.5, 0.6) is 5.75 Å². The van der Waals surface area contributed by atoms with Crippen molar-refractivity contribution in [2.24, 2.45) is 11.7 Å². The van der Waals surface area contributed by atoms with E-state index in [1.54, 1.807) is 6.07 Å². The highest BCUT2D eigenvalue weighted by molar-refractivity contribution is 5.36. The monoisotopic (exact) mass is 237 g/mol. The maximum atomic E-state index is 13.1. The first-order valence-electron chi connectivity index (χ1n) is 6.34. The maximum Gasteiger partial charge on any atom is 0.124 e. The first-order chi connectivity index (χ1) is 8.16. The molecule has 1 fully saturated rings. The zero-order valence-corrected chi connectivity index (χ0v) is 10.3. The van der Waals surface area contributed by atoms with E-state index in [4.69, 9.17) is 10.5 Å². The van der Waals surface area contributed by atoms with Crippen LogP contribution in [0.3, 0.4) is 0 Å². The second-order valence-corrected chi connectivity index (χ2v) is 4.93. The standard InChI is InChI=1S/C14H20FNO/c1-10(16)13-8-12(15)6-7-14(13)17-9-11-4-2-3-5-11/h6-8,10-11H,2-5,9,16H2,1H3/t10-/m0/s1. The van der Waals surface area contributed by atoms with Gasteiger partial charge in [-0.25, -0.2) is 4.39 Å². The summed E-state index contributed by atoms with van der Waals surface area (Å²) in [7, 11) is 0. The highest BCUT2D eigenvalue weighted by atomic mass is 19.1. The van der Waals surface area contributed by atoms with E-state index in [1.807, 2.05) is 6.92 Å². The Morgan fingerprint density at radius 2 is 2.12 bits per heavy atom. The molecule has 0 unspecified atom stereocenters. The van der Waals surface area contributed by atoms with Crippen LogP contribution in [0.15, 0.2) is 18.2 Å². The van der Waals surface area contributed by atoms with E-state index < -0.39 is 0 Å². The largest absolute Gasteiger partial charge is 0.493 e. The molecule has 0 aliphatic heterocycles. The van der Waals surface area contributed by atoms with Crippen LogP contribution >= 0.6 is 0 Å². The van der Waals surface area contributed by atoms with E-state index in [1.165, 1.54) is 37.8 Å². The average Bonchev–Trinajstić information content (AvgIpc) is 2.80. The molecule has 2 nitrogen and oxygen atoms in total. The van der Waals surface area contributed by atoms with Gasteiger partial charge in [-0.15, -0.1) is 0 Å². The average molecular weight is 237 g/mol. The van der Waals surface area contributed by atoms with Gasteiger partial charge in [-0.3, -0.25) is 0 Å². The van der Waals surface area contributed by atoms with Crippen molar-refractivity contribution in [3.8, 4) is 5.75 Å². The third kappa shape index (κ3) is 3.19. The molecule has 0 saturated heterocycles. The lowest BCUT2D eigenvalue weighted by Gasteiger charge is -2.16. The van der Waals surface area contributed by atoms with Gasteiger partial charge in [0.15, 0.2) is 0 Å². The van der Waals surface area contributed by atoms with Gasteiger partial charge in [-0.2, -0.15) is 0 Å². The SMILES string of the molecule is C[C@H](N)c1cc(F)ccc1OCC1CCCC1. The number of rotatable bonds is 4. The third-order valence-corrected chi connectivity index (χ3v) is 3.41. The molecule has 3 heteroatoms. The molecule has 0 aromatic heterocycles. The van der Waals surface area contributed by atoms with E-state index in [9.17, 15) is 4.39 Å². The smallest absolute Gasteiger partial charge is 0.124 e.